The third-order valence-electron chi connectivity index (χ3n) is 2.64. The summed E-state index contributed by atoms with van der Waals surface area (Å²) in [7, 11) is 0. The number of benzene rings is 2. The number of hydrogen-bond donors (Lipinski definition) is 2. The van der Waals surface area contributed by atoms with Gasteiger partial charge in [0.25, 0.3) is 0 Å². The zero-order valence-corrected chi connectivity index (χ0v) is 10.8. The fourth-order valence-electron chi connectivity index (χ4n) is 1.87. The van der Waals surface area contributed by atoms with Crippen LogP contribution in [-0.4, -0.2) is 9.97 Å². The first kappa shape index (κ1) is 11.4. The van der Waals surface area contributed by atoms with Gasteiger partial charge in [-0.15, -0.1) is 0 Å². The van der Waals surface area contributed by atoms with Crippen molar-refractivity contribution < 1.29 is 0 Å². The molecule has 3 aromatic rings. The van der Waals surface area contributed by atoms with Gasteiger partial charge in [-0.1, -0.05) is 23.2 Å². The minimum Gasteiger partial charge on any atom is -0.399 e. The van der Waals surface area contributed by atoms with Crippen molar-refractivity contribution in [1.29, 1.82) is 0 Å². The average Bonchev–Trinajstić information content (AvgIpc) is 2.70. The largest absolute Gasteiger partial charge is 0.399 e. The van der Waals surface area contributed by atoms with E-state index < -0.39 is 0 Å². The number of hydrogen-bond acceptors (Lipinski definition) is 2. The fourth-order valence-corrected chi connectivity index (χ4v) is 2.28. The van der Waals surface area contributed by atoms with Gasteiger partial charge in [0.15, 0.2) is 0 Å². The molecular formula is C13H9Cl2N3. The van der Waals surface area contributed by atoms with Crippen LogP contribution in [0.2, 0.25) is 10.0 Å². The van der Waals surface area contributed by atoms with Crippen LogP contribution < -0.4 is 5.73 Å². The number of imidazole rings is 1. The predicted octanol–water partition coefficient (Wildman–Crippen LogP) is 4.12. The van der Waals surface area contributed by atoms with Crippen LogP contribution in [0, 0.1) is 0 Å². The van der Waals surface area contributed by atoms with Gasteiger partial charge in [-0.3, -0.25) is 0 Å². The molecule has 0 fully saturated rings. The average molecular weight is 278 g/mol. The van der Waals surface area contributed by atoms with E-state index in [2.05, 4.69) is 9.97 Å². The molecule has 0 aliphatic heterocycles. The fraction of sp³-hybridized carbons (Fsp3) is 0. The van der Waals surface area contributed by atoms with E-state index in [9.17, 15) is 0 Å². The second-order valence-electron chi connectivity index (χ2n) is 4.02. The number of fused-ring (bicyclic) bond motifs is 1. The Kier molecular flexibility index (Phi) is 2.65. The van der Waals surface area contributed by atoms with Gasteiger partial charge in [-0.2, -0.15) is 0 Å². The molecule has 5 heteroatoms. The highest BCUT2D eigenvalue weighted by Crippen LogP contribution is 2.26. The molecule has 0 saturated carbocycles. The number of nitrogens with one attached hydrogen (secondary N) is 1. The maximum atomic E-state index is 5.98. The lowest BCUT2D eigenvalue weighted by Gasteiger charge is -2.00. The number of aromatic nitrogens is 2. The first-order valence-electron chi connectivity index (χ1n) is 5.33. The Morgan fingerprint density at radius 3 is 2.61 bits per heavy atom. The van der Waals surface area contributed by atoms with Gasteiger partial charge < -0.3 is 10.7 Å². The van der Waals surface area contributed by atoms with Crippen LogP contribution in [0.1, 0.15) is 0 Å². The first-order valence-corrected chi connectivity index (χ1v) is 6.09. The molecule has 90 valence electrons. The van der Waals surface area contributed by atoms with E-state index in [4.69, 9.17) is 28.9 Å². The number of nitrogen functional groups attached to an aromatic ring is 1. The van der Waals surface area contributed by atoms with Gasteiger partial charge in [0.05, 0.1) is 11.0 Å². The van der Waals surface area contributed by atoms with Gasteiger partial charge in [0.1, 0.15) is 5.82 Å². The molecule has 0 aliphatic rings. The van der Waals surface area contributed by atoms with Crippen molar-refractivity contribution in [3.8, 4) is 11.4 Å². The van der Waals surface area contributed by atoms with Crippen LogP contribution in [0.5, 0.6) is 0 Å². The van der Waals surface area contributed by atoms with Gasteiger partial charge in [-0.05, 0) is 36.4 Å². The Hall–Kier alpha value is -1.71. The van der Waals surface area contributed by atoms with Crippen LogP contribution in [0.3, 0.4) is 0 Å². The molecule has 18 heavy (non-hydrogen) atoms. The number of halogens is 2. The van der Waals surface area contributed by atoms with Crippen LogP contribution in [-0.2, 0) is 0 Å². The quantitative estimate of drug-likeness (QED) is 0.658. The van der Waals surface area contributed by atoms with Gasteiger partial charge in [0.2, 0.25) is 0 Å². The maximum Gasteiger partial charge on any atom is 0.138 e. The Balaban J connectivity index is 2.19. The topological polar surface area (TPSA) is 54.7 Å². The predicted molar refractivity (Wildman–Crippen MR) is 76.0 cm³/mol. The molecule has 0 saturated heterocycles. The van der Waals surface area contributed by atoms with Crippen molar-refractivity contribution >= 4 is 39.9 Å². The Morgan fingerprint density at radius 2 is 1.83 bits per heavy atom. The summed E-state index contributed by atoms with van der Waals surface area (Å²) >= 11 is 11.9. The Bertz CT molecular complexity index is 714. The van der Waals surface area contributed by atoms with Crippen LogP contribution in [0.4, 0.5) is 5.69 Å². The van der Waals surface area contributed by atoms with E-state index in [1.165, 1.54) is 0 Å². The number of aromatic amines is 1. The first-order chi connectivity index (χ1) is 8.61. The lowest BCUT2D eigenvalue weighted by molar-refractivity contribution is 1.34. The molecule has 0 amide bonds. The molecule has 3 nitrogen and oxygen atoms in total. The summed E-state index contributed by atoms with van der Waals surface area (Å²) in [6, 6.07) is 10.8. The van der Waals surface area contributed by atoms with Crippen molar-refractivity contribution in [2.75, 3.05) is 5.73 Å². The monoisotopic (exact) mass is 277 g/mol. The molecular weight excluding hydrogens is 269 g/mol. The molecule has 0 unspecified atom stereocenters. The summed E-state index contributed by atoms with van der Waals surface area (Å²) in [5, 5.41) is 1.26. The van der Waals surface area contributed by atoms with Crippen molar-refractivity contribution in [2.45, 2.75) is 0 Å². The number of rotatable bonds is 1. The second-order valence-corrected chi connectivity index (χ2v) is 4.89. The number of nitrogens with two attached hydrogens (primary N) is 1. The zero-order chi connectivity index (χ0) is 12.7. The highest BCUT2D eigenvalue weighted by molar-refractivity contribution is 6.31. The van der Waals surface area contributed by atoms with Gasteiger partial charge in [-0.25, -0.2) is 4.98 Å². The standard InChI is InChI=1S/C13H9Cl2N3/c14-8-1-2-11-12(6-8)18-13(17-11)7-3-9(15)5-10(16)4-7/h1-6H,16H2,(H,17,18). The molecule has 0 bridgehead atoms. The summed E-state index contributed by atoms with van der Waals surface area (Å²) < 4.78 is 0. The second kappa shape index (κ2) is 4.19. The maximum absolute atomic E-state index is 5.98. The number of nitrogens with zero attached hydrogens (tertiary/aromatic N) is 1. The zero-order valence-electron chi connectivity index (χ0n) is 9.24. The van der Waals surface area contributed by atoms with Gasteiger partial charge >= 0.3 is 0 Å². The Morgan fingerprint density at radius 1 is 1.00 bits per heavy atom. The smallest absolute Gasteiger partial charge is 0.138 e. The lowest BCUT2D eigenvalue weighted by Crippen LogP contribution is -1.87. The molecule has 1 heterocycles. The van der Waals surface area contributed by atoms with E-state index >= 15 is 0 Å². The number of anilines is 1. The molecule has 2 aromatic carbocycles. The van der Waals surface area contributed by atoms with Crippen LogP contribution >= 0.6 is 23.2 Å². The van der Waals surface area contributed by atoms with Crippen molar-refractivity contribution in [1.82, 2.24) is 9.97 Å². The summed E-state index contributed by atoms with van der Waals surface area (Å²) in [6.45, 7) is 0. The summed E-state index contributed by atoms with van der Waals surface area (Å²) in [5.41, 5.74) is 8.97. The SMILES string of the molecule is Nc1cc(Cl)cc(-c2nc3ccc(Cl)cc3[nH]2)c1. The van der Waals surface area contributed by atoms with Gasteiger partial charge in [0, 0.05) is 21.3 Å². The molecule has 0 radical (unpaired) electrons. The third-order valence-corrected chi connectivity index (χ3v) is 3.09. The summed E-state index contributed by atoms with van der Waals surface area (Å²) in [5.74, 6) is 0.724. The minimum atomic E-state index is 0.587. The highest BCUT2D eigenvalue weighted by Gasteiger charge is 2.07. The normalized spacial score (nSPS) is 11.0. The van der Waals surface area contributed by atoms with E-state index in [0.717, 1.165) is 22.4 Å². The van der Waals surface area contributed by atoms with Crippen molar-refractivity contribution in [3.05, 3.63) is 46.4 Å². The number of H-pyrrole nitrogens is 1. The van der Waals surface area contributed by atoms with E-state index in [-0.39, 0.29) is 0 Å². The third kappa shape index (κ3) is 2.03. The molecule has 3 rings (SSSR count). The van der Waals surface area contributed by atoms with Crippen molar-refractivity contribution in [3.63, 3.8) is 0 Å². The summed E-state index contributed by atoms with van der Waals surface area (Å²) in [6.07, 6.45) is 0. The molecule has 0 spiro atoms. The van der Waals surface area contributed by atoms with E-state index in [1.807, 2.05) is 24.3 Å². The molecule has 0 atom stereocenters. The van der Waals surface area contributed by atoms with Crippen LogP contribution in [0.15, 0.2) is 36.4 Å². The Labute approximate surface area is 114 Å². The van der Waals surface area contributed by atoms with Crippen LogP contribution in [0.25, 0.3) is 22.4 Å². The lowest BCUT2D eigenvalue weighted by atomic mass is 10.2. The molecule has 3 N–H and O–H groups in total. The molecule has 0 aliphatic carbocycles. The summed E-state index contributed by atoms with van der Waals surface area (Å²) in [4.78, 5) is 7.68. The highest BCUT2D eigenvalue weighted by atomic mass is 35.5. The van der Waals surface area contributed by atoms with E-state index in [0.29, 0.717) is 15.7 Å². The van der Waals surface area contributed by atoms with Crippen molar-refractivity contribution in [2.24, 2.45) is 0 Å². The van der Waals surface area contributed by atoms with E-state index in [1.54, 1.807) is 12.1 Å². The minimum absolute atomic E-state index is 0.587. The molecule has 1 aromatic heterocycles.